The van der Waals surface area contributed by atoms with Gasteiger partial charge < -0.3 is 15.4 Å². The summed E-state index contributed by atoms with van der Waals surface area (Å²) in [6.45, 7) is 3.17. The molecule has 0 spiro atoms. The van der Waals surface area contributed by atoms with E-state index in [-0.39, 0.29) is 30.1 Å². The molecule has 1 aliphatic heterocycles. The number of carbonyl (C=O) groups excluding carboxylic acids is 1. The molecular formula is C19H29ClF2N2O2. The molecule has 2 atom stereocenters. The van der Waals surface area contributed by atoms with Gasteiger partial charge in [-0.2, -0.15) is 8.78 Å². The summed E-state index contributed by atoms with van der Waals surface area (Å²) < 4.78 is 29.8. The molecule has 0 radical (unpaired) electrons. The maximum Gasteiger partial charge on any atom is 0.387 e. The van der Waals surface area contributed by atoms with Crippen molar-refractivity contribution in [2.45, 2.75) is 52.2 Å². The molecule has 1 aromatic rings. The minimum atomic E-state index is -2.88. The predicted octanol–water partition coefficient (Wildman–Crippen LogP) is 4.30. The lowest BCUT2D eigenvalue weighted by Gasteiger charge is -2.28. The van der Waals surface area contributed by atoms with Gasteiger partial charge in [-0.25, -0.2) is 0 Å². The van der Waals surface area contributed by atoms with Crippen molar-refractivity contribution in [1.82, 2.24) is 10.6 Å². The fourth-order valence-corrected chi connectivity index (χ4v) is 3.50. The van der Waals surface area contributed by atoms with Crippen LogP contribution in [0.15, 0.2) is 24.3 Å². The van der Waals surface area contributed by atoms with Crippen LogP contribution in [0, 0.1) is 11.8 Å². The van der Waals surface area contributed by atoms with Crippen molar-refractivity contribution >= 4 is 18.3 Å². The van der Waals surface area contributed by atoms with Gasteiger partial charge in [-0.15, -0.1) is 12.4 Å². The summed E-state index contributed by atoms with van der Waals surface area (Å²) in [7, 11) is 0. The van der Waals surface area contributed by atoms with E-state index < -0.39 is 6.61 Å². The maximum absolute atomic E-state index is 12.6. The zero-order valence-corrected chi connectivity index (χ0v) is 16.2. The summed E-state index contributed by atoms with van der Waals surface area (Å²) in [5.41, 5.74) is 0.591. The number of halogens is 3. The van der Waals surface area contributed by atoms with E-state index in [4.69, 9.17) is 0 Å². The van der Waals surface area contributed by atoms with Gasteiger partial charge in [-0.3, -0.25) is 4.79 Å². The number of para-hydroxylation sites is 1. The van der Waals surface area contributed by atoms with Crippen molar-refractivity contribution in [2.75, 3.05) is 13.1 Å². The normalized spacial score (nSPS) is 17.3. The Hall–Kier alpha value is -1.40. The lowest BCUT2D eigenvalue weighted by atomic mass is 9.84. The van der Waals surface area contributed by atoms with Gasteiger partial charge in [0.15, 0.2) is 0 Å². The van der Waals surface area contributed by atoms with E-state index in [0.29, 0.717) is 30.2 Å². The van der Waals surface area contributed by atoms with Crippen molar-refractivity contribution in [3.63, 3.8) is 0 Å². The summed E-state index contributed by atoms with van der Waals surface area (Å²) in [6, 6.07) is 6.31. The Kier molecular flexibility index (Phi) is 9.88. The molecule has 2 unspecified atom stereocenters. The highest BCUT2D eigenvalue weighted by atomic mass is 35.5. The third kappa shape index (κ3) is 6.72. The molecule has 0 aromatic heterocycles. The van der Waals surface area contributed by atoms with E-state index in [2.05, 4.69) is 22.3 Å². The highest BCUT2D eigenvalue weighted by Crippen LogP contribution is 2.29. The number of hydrogen-bond acceptors (Lipinski definition) is 3. The second-order valence-corrected chi connectivity index (χ2v) is 6.71. The summed E-state index contributed by atoms with van der Waals surface area (Å²) >= 11 is 0. The number of benzene rings is 1. The van der Waals surface area contributed by atoms with Crippen LogP contribution in [0.25, 0.3) is 0 Å². The van der Waals surface area contributed by atoms with E-state index in [9.17, 15) is 13.6 Å². The van der Waals surface area contributed by atoms with E-state index in [1.165, 1.54) is 6.07 Å². The molecule has 1 amide bonds. The standard InChI is InChI=1S/C19H28F2N2O2.ClH/c1-3-16(15-6-4-5-7-17(15)25-19(20)21)23-18(24)12-13(2)14-8-10-22-11-9-14;/h4-7,13-14,16,19,22H,3,8-12H2,1-2H3,(H,23,24);1H. The molecular weight excluding hydrogens is 362 g/mol. The average molecular weight is 391 g/mol. The number of amides is 1. The van der Waals surface area contributed by atoms with Crippen LogP contribution in [0.1, 0.15) is 51.1 Å². The molecule has 2 N–H and O–H groups in total. The van der Waals surface area contributed by atoms with Gasteiger partial charge in [0.2, 0.25) is 5.91 Å². The van der Waals surface area contributed by atoms with Gasteiger partial charge in [0.1, 0.15) is 5.75 Å². The molecule has 1 fully saturated rings. The Morgan fingerprint density at radius 1 is 1.31 bits per heavy atom. The third-order valence-electron chi connectivity index (χ3n) is 4.95. The van der Waals surface area contributed by atoms with Crippen molar-refractivity contribution in [3.05, 3.63) is 29.8 Å². The summed E-state index contributed by atoms with van der Waals surface area (Å²) in [5.74, 6) is 0.953. The number of hydrogen-bond donors (Lipinski definition) is 2. The largest absolute Gasteiger partial charge is 0.434 e. The first kappa shape index (κ1) is 22.6. The SMILES string of the molecule is CCC(NC(=O)CC(C)C1CCNCC1)c1ccccc1OC(F)F.Cl. The van der Waals surface area contributed by atoms with Crippen molar-refractivity contribution in [3.8, 4) is 5.75 Å². The highest BCUT2D eigenvalue weighted by molar-refractivity contribution is 5.85. The molecule has 1 aliphatic rings. The van der Waals surface area contributed by atoms with Gasteiger partial charge in [0.05, 0.1) is 6.04 Å². The molecule has 148 valence electrons. The number of nitrogens with one attached hydrogen (secondary N) is 2. The molecule has 26 heavy (non-hydrogen) atoms. The zero-order chi connectivity index (χ0) is 18.2. The number of piperidine rings is 1. The Morgan fingerprint density at radius 2 is 1.96 bits per heavy atom. The maximum atomic E-state index is 12.6. The minimum Gasteiger partial charge on any atom is -0.434 e. The van der Waals surface area contributed by atoms with Crippen molar-refractivity contribution in [2.24, 2.45) is 11.8 Å². The van der Waals surface area contributed by atoms with E-state index in [0.717, 1.165) is 25.9 Å². The van der Waals surface area contributed by atoms with Crippen LogP contribution in [0.3, 0.4) is 0 Å². The van der Waals surface area contributed by atoms with Gasteiger partial charge in [0, 0.05) is 12.0 Å². The van der Waals surface area contributed by atoms with E-state index in [1.54, 1.807) is 18.2 Å². The van der Waals surface area contributed by atoms with Gasteiger partial charge in [0.25, 0.3) is 0 Å². The van der Waals surface area contributed by atoms with Crippen LogP contribution in [0.4, 0.5) is 8.78 Å². The number of ether oxygens (including phenoxy) is 1. The van der Waals surface area contributed by atoms with Crippen LogP contribution in [0.2, 0.25) is 0 Å². The molecule has 0 saturated carbocycles. The Morgan fingerprint density at radius 3 is 2.58 bits per heavy atom. The third-order valence-corrected chi connectivity index (χ3v) is 4.95. The average Bonchev–Trinajstić information content (AvgIpc) is 2.60. The Bertz CT molecular complexity index is 554. The van der Waals surface area contributed by atoms with E-state index >= 15 is 0 Å². The smallest absolute Gasteiger partial charge is 0.387 e. The monoisotopic (exact) mass is 390 g/mol. The molecule has 4 nitrogen and oxygen atoms in total. The minimum absolute atomic E-state index is 0. The Balaban J connectivity index is 0.00000338. The van der Waals surface area contributed by atoms with Crippen LogP contribution >= 0.6 is 12.4 Å². The zero-order valence-electron chi connectivity index (χ0n) is 15.3. The molecule has 0 aliphatic carbocycles. The van der Waals surface area contributed by atoms with Crippen LogP contribution in [-0.4, -0.2) is 25.6 Å². The van der Waals surface area contributed by atoms with Crippen LogP contribution in [0.5, 0.6) is 5.75 Å². The van der Waals surface area contributed by atoms with Gasteiger partial charge in [-0.1, -0.05) is 32.0 Å². The summed E-state index contributed by atoms with van der Waals surface area (Å²) in [4.78, 5) is 12.5. The van der Waals surface area contributed by atoms with Crippen LogP contribution in [-0.2, 0) is 4.79 Å². The van der Waals surface area contributed by atoms with Crippen molar-refractivity contribution in [1.29, 1.82) is 0 Å². The van der Waals surface area contributed by atoms with Crippen molar-refractivity contribution < 1.29 is 18.3 Å². The van der Waals surface area contributed by atoms with Gasteiger partial charge >= 0.3 is 6.61 Å². The lowest BCUT2D eigenvalue weighted by Crippen LogP contribution is -2.34. The highest BCUT2D eigenvalue weighted by Gasteiger charge is 2.24. The van der Waals surface area contributed by atoms with Gasteiger partial charge in [-0.05, 0) is 50.3 Å². The number of rotatable bonds is 8. The molecule has 1 aromatic carbocycles. The fraction of sp³-hybridized carbons (Fsp3) is 0.632. The molecule has 1 saturated heterocycles. The lowest BCUT2D eigenvalue weighted by molar-refractivity contribution is -0.123. The summed E-state index contributed by atoms with van der Waals surface area (Å²) in [5, 5.41) is 6.32. The molecule has 7 heteroatoms. The van der Waals surface area contributed by atoms with E-state index in [1.807, 2.05) is 6.92 Å². The summed E-state index contributed by atoms with van der Waals surface area (Å²) in [6.07, 6.45) is 3.25. The topological polar surface area (TPSA) is 50.4 Å². The number of alkyl halides is 2. The quantitative estimate of drug-likeness (QED) is 0.695. The first-order valence-electron chi connectivity index (χ1n) is 9.05. The predicted molar refractivity (Wildman–Crippen MR) is 101 cm³/mol. The second kappa shape index (κ2) is 11.3. The Labute approximate surface area is 160 Å². The fourth-order valence-electron chi connectivity index (χ4n) is 3.50. The molecule has 0 bridgehead atoms. The molecule has 1 heterocycles. The second-order valence-electron chi connectivity index (χ2n) is 6.71. The first-order valence-corrected chi connectivity index (χ1v) is 9.05. The molecule has 2 rings (SSSR count). The first-order chi connectivity index (χ1) is 12.0. The van der Waals surface area contributed by atoms with Crippen LogP contribution < -0.4 is 15.4 Å². The number of carbonyl (C=O) groups is 1.